The van der Waals surface area contributed by atoms with Crippen LogP contribution in [0.5, 0.6) is 0 Å². The van der Waals surface area contributed by atoms with Crippen molar-refractivity contribution < 1.29 is 19.1 Å². The predicted octanol–water partition coefficient (Wildman–Crippen LogP) is 7.61. The highest BCUT2D eigenvalue weighted by Gasteiger charge is 2.32. The molecule has 2 aliphatic carbocycles. The third kappa shape index (κ3) is 10.8. The lowest BCUT2D eigenvalue weighted by molar-refractivity contribution is -0.150. The minimum Gasteiger partial charge on any atom is -0.466 e. The third-order valence-corrected chi connectivity index (χ3v) is 7.80. The molecule has 0 spiro atoms. The van der Waals surface area contributed by atoms with Gasteiger partial charge in [0.1, 0.15) is 0 Å². The third-order valence-electron chi connectivity index (χ3n) is 7.80. The summed E-state index contributed by atoms with van der Waals surface area (Å²) in [6.45, 7) is 8.91. The van der Waals surface area contributed by atoms with Crippen molar-refractivity contribution in [1.29, 1.82) is 0 Å². The first kappa shape index (κ1) is 34.4. The van der Waals surface area contributed by atoms with Crippen molar-refractivity contribution in [1.82, 2.24) is 10.6 Å². The normalized spacial score (nSPS) is 19.9. The summed E-state index contributed by atoms with van der Waals surface area (Å²) in [7, 11) is 0. The Kier molecular flexibility index (Phi) is 15.6. The average Bonchev–Trinajstić information content (AvgIpc) is 2.99. The molecule has 0 bridgehead atoms. The van der Waals surface area contributed by atoms with Crippen molar-refractivity contribution in [2.75, 3.05) is 13.2 Å². The lowest BCUT2D eigenvalue weighted by Gasteiger charge is -2.33. The van der Waals surface area contributed by atoms with Crippen LogP contribution >= 0.6 is 12.4 Å². The van der Waals surface area contributed by atoms with E-state index in [1.54, 1.807) is 0 Å². The van der Waals surface area contributed by atoms with Gasteiger partial charge < -0.3 is 20.1 Å². The number of nitrogens with one attached hydrogen (secondary N) is 2. The summed E-state index contributed by atoms with van der Waals surface area (Å²) >= 11 is 0. The molecule has 4 rings (SSSR count). The SMILES string of the molecule is CCOC(=O)C1=C(N[C@H](C)c2ccccc2)CCCC1.CCOC(=O)[C@@H]1CCCCC1N[C@H](C)c1ccccc1.Cl. The summed E-state index contributed by atoms with van der Waals surface area (Å²) in [6, 6.07) is 21.4. The molecule has 0 aromatic heterocycles. The van der Waals surface area contributed by atoms with E-state index in [0.29, 0.717) is 13.2 Å². The fraction of sp³-hybridized carbons (Fsp3) is 0.529. The van der Waals surface area contributed by atoms with Gasteiger partial charge in [-0.05, 0) is 77.3 Å². The Labute approximate surface area is 253 Å². The van der Waals surface area contributed by atoms with Gasteiger partial charge >= 0.3 is 11.9 Å². The van der Waals surface area contributed by atoms with Gasteiger partial charge in [-0.15, -0.1) is 12.4 Å². The fourth-order valence-electron chi connectivity index (χ4n) is 5.62. The van der Waals surface area contributed by atoms with Gasteiger partial charge in [0.05, 0.1) is 24.7 Å². The number of hydrogen-bond acceptors (Lipinski definition) is 6. The molecule has 41 heavy (non-hydrogen) atoms. The van der Waals surface area contributed by atoms with Crippen molar-refractivity contribution in [3.05, 3.63) is 83.1 Å². The molecule has 2 aromatic rings. The van der Waals surface area contributed by atoms with E-state index in [0.717, 1.165) is 56.2 Å². The highest BCUT2D eigenvalue weighted by atomic mass is 35.5. The summed E-state index contributed by atoms with van der Waals surface area (Å²) in [4.78, 5) is 24.1. The maximum Gasteiger partial charge on any atom is 0.335 e. The number of rotatable bonds is 10. The molecule has 2 aromatic carbocycles. The van der Waals surface area contributed by atoms with Crippen LogP contribution in [0.15, 0.2) is 71.9 Å². The van der Waals surface area contributed by atoms with Crippen LogP contribution in [0, 0.1) is 5.92 Å². The van der Waals surface area contributed by atoms with E-state index in [1.807, 2.05) is 38.1 Å². The molecule has 1 saturated carbocycles. The number of benzene rings is 2. The van der Waals surface area contributed by atoms with E-state index >= 15 is 0 Å². The topological polar surface area (TPSA) is 76.7 Å². The minimum atomic E-state index is -0.157. The van der Waals surface area contributed by atoms with Crippen LogP contribution in [0.25, 0.3) is 0 Å². The van der Waals surface area contributed by atoms with Crippen molar-refractivity contribution in [2.45, 2.75) is 97.2 Å². The van der Waals surface area contributed by atoms with Crippen LogP contribution < -0.4 is 10.6 Å². The molecule has 7 heteroatoms. The summed E-state index contributed by atoms with van der Waals surface area (Å²) in [5.74, 6) is -0.185. The summed E-state index contributed by atoms with van der Waals surface area (Å²) in [5, 5.41) is 7.13. The number of allylic oxidation sites excluding steroid dienone is 1. The Bertz CT molecular complexity index is 1080. The number of carbonyl (C=O) groups excluding carboxylic acids is 2. The Morgan fingerprint density at radius 3 is 1.95 bits per heavy atom. The molecule has 1 fully saturated rings. The molecule has 0 aliphatic heterocycles. The molecule has 1 unspecified atom stereocenters. The fourth-order valence-corrected chi connectivity index (χ4v) is 5.62. The predicted molar refractivity (Wildman–Crippen MR) is 168 cm³/mol. The molecular weight excluding hydrogens is 536 g/mol. The molecule has 6 nitrogen and oxygen atoms in total. The van der Waals surface area contributed by atoms with Crippen molar-refractivity contribution in [3.8, 4) is 0 Å². The summed E-state index contributed by atoms with van der Waals surface area (Å²) in [5.41, 5.74) is 4.39. The van der Waals surface area contributed by atoms with Gasteiger partial charge in [-0.1, -0.05) is 73.5 Å². The van der Waals surface area contributed by atoms with Gasteiger partial charge in [0, 0.05) is 23.8 Å². The highest BCUT2D eigenvalue weighted by molar-refractivity contribution is 5.89. The lowest BCUT2D eigenvalue weighted by atomic mass is 9.84. The number of hydrogen-bond donors (Lipinski definition) is 2. The zero-order valence-corrected chi connectivity index (χ0v) is 26.0. The Morgan fingerprint density at radius 1 is 0.780 bits per heavy atom. The second kappa shape index (κ2) is 18.6. The van der Waals surface area contributed by atoms with Gasteiger partial charge in [-0.3, -0.25) is 4.79 Å². The number of esters is 2. The number of halogens is 1. The van der Waals surface area contributed by atoms with Crippen LogP contribution in [0.2, 0.25) is 0 Å². The summed E-state index contributed by atoms with van der Waals surface area (Å²) < 4.78 is 10.4. The van der Waals surface area contributed by atoms with E-state index in [2.05, 4.69) is 60.9 Å². The van der Waals surface area contributed by atoms with Crippen LogP contribution in [0.1, 0.15) is 102 Å². The lowest BCUT2D eigenvalue weighted by Crippen LogP contribution is -2.43. The van der Waals surface area contributed by atoms with Crippen molar-refractivity contribution >= 4 is 24.3 Å². The average molecular weight is 585 g/mol. The van der Waals surface area contributed by atoms with E-state index in [-0.39, 0.29) is 48.4 Å². The van der Waals surface area contributed by atoms with E-state index in [1.165, 1.54) is 17.5 Å². The maximum atomic E-state index is 12.1. The van der Waals surface area contributed by atoms with Gasteiger partial charge in [0.2, 0.25) is 0 Å². The van der Waals surface area contributed by atoms with Crippen molar-refractivity contribution in [3.63, 3.8) is 0 Å². The molecule has 0 heterocycles. The first-order valence-electron chi connectivity index (χ1n) is 15.1. The minimum absolute atomic E-state index is 0. The molecule has 4 atom stereocenters. The van der Waals surface area contributed by atoms with Crippen LogP contribution in [0.3, 0.4) is 0 Å². The molecule has 0 saturated heterocycles. The standard InChI is InChI=1S/C17H25NO2.C17H23NO2.ClH/c2*1-3-20-17(19)15-11-7-8-12-16(15)18-13(2)14-9-5-4-6-10-14;/h4-6,9-10,13,15-16,18H,3,7-8,11-12H2,1-2H3;4-6,9-10,13,18H,3,7-8,11-12H2,1-2H3;1H/t13-,15-,16?;13-;/m11./s1. The second-order valence-corrected chi connectivity index (χ2v) is 10.7. The Balaban J connectivity index is 0.000000280. The van der Waals surface area contributed by atoms with Gasteiger partial charge in [-0.2, -0.15) is 0 Å². The van der Waals surface area contributed by atoms with Crippen LogP contribution in [-0.4, -0.2) is 31.2 Å². The van der Waals surface area contributed by atoms with Gasteiger partial charge in [-0.25, -0.2) is 4.79 Å². The molecule has 2 N–H and O–H groups in total. The molecule has 226 valence electrons. The first-order valence-corrected chi connectivity index (χ1v) is 15.1. The van der Waals surface area contributed by atoms with Crippen LogP contribution in [-0.2, 0) is 19.1 Å². The Morgan fingerprint density at radius 2 is 1.34 bits per heavy atom. The van der Waals surface area contributed by atoms with Gasteiger partial charge in [0.15, 0.2) is 0 Å². The summed E-state index contributed by atoms with van der Waals surface area (Å²) in [6.07, 6.45) is 8.27. The zero-order chi connectivity index (χ0) is 28.7. The first-order chi connectivity index (χ1) is 19.4. The molecule has 2 aliphatic rings. The monoisotopic (exact) mass is 584 g/mol. The van der Waals surface area contributed by atoms with Crippen molar-refractivity contribution in [2.24, 2.45) is 5.92 Å². The van der Waals surface area contributed by atoms with Crippen LogP contribution in [0.4, 0.5) is 0 Å². The van der Waals surface area contributed by atoms with E-state index in [9.17, 15) is 9.59 Å². The number of carbonyl (C=O) groups is 2. The zero-order valence-electron chi connectivity index (χ0n) is 25.2. The van der Waals surface area contributed by atoms with Gasteiger partial charge in [0.25, 0.3) is 0 Å². The highest BCUT2D eigenvalue weighted by Crippen LogP contribution is 2.28. The van der Waals surface area contributed by atoms with E-state index < -0.39 is 0 Å². The second-order valence-electron chi connectivity index (χ2n) is 10.7. The van der Waals surface area contributed by atoms with E-state index in [4.69, 9.17) is 9.47 Å². The Hall–Kier alpha value is -2.83. The maximum absolute atomic E-state index is 12.1. The molecule has 0 amide bonds. The molecule has 0 radical (unpaired) electrons. The smallest absolute Gasteiger partial charge is 0.335 e. The largest absolute Gasteiger partial charge is 0.466 e. The quantitative estimate of drug-likeness (QED) is 0.280. The number of ether oxygens (including phenoxy) is 2. The molecular formula is C34H49ClN2O4.